The van der Waals surface area contributed by atoms with Crippen LogP contribution in [-0.4, -0.2) is 12.5 Å². The fourth-order valence-corrected chi connectivity index (χ4v) is 1.33. The van der Waals surface area contributed by atoms with Crippen molar-refractivity contribution in [1.29, 1.82) is 0 Å². The molecule has 0 bridgehead atoms. The Labute approximate surface area is 88.4 Å². The Morgan fingerprint density at radius 2 is 2.36 bits per heavy atom. The van der Waals surface area contributed by atoms with Gasteiger partial charge >= 0.3 is 0 Å². The van der Waals surface area contributed by atoms with Crippen LogP contribution in [-0.2, 0) is 0 Å². The Bertz CT molecular complexity index is 296. The summed E-state index contributed by atoms with van der Waals surface area (Å²) in [6, 6.07) is 1.57. The van der Waals surface area contributed by atoms with Gasteiger partial charge in [0.15, 0.2) is 0 Å². The summed E-state index contributed by atoms with van der Waals surface area (Å²) in [5.74, 6) is -0.167. The molecular formula is C10H14ClNO2. The molecule has 3 nitrogen and oxygen atoms in total. The lowest BCUT2D eigenvalue weighted by atomic mass is 10.2. The van der Waals surface area contributed by atoms with Gasteiger partial charge in [-0.25, -0.2) is 0 Å². The summed E-state index contributed by atoms with van der Waals surface area (Å²) >= 11 is 5.65. The molecular weight excluding hydrogens is 202 g/mol. The van der Waals surface area contributed by atoms with Crippen molar-refractivity contribution >= 4 is 17.5 Å². The zero-order valence-corrected chi connectivity index (χ0v) is 8.93. The van der Waals surface area contributed by atoms with E-state index >= 15 is 0 Å². The predicted molar refractivity (Wildman–Crippen MR) is 55.6 cm³/mol. The van der Waals surface area contributed by atoms with Crippen LogP contribution >= 0.6 is 11.6 Å². The monoisotopic (exact) mass is 215 g/mol. The first kappa shape index (κ1) is 11.1. The number of amides is 1. The molecule has 0 fully saturated rings. The highest BCUT2D eigenvalue weighted by molar-refractivity contribution is 6.32. The van der Waals surface area contributed by atoms with Crippen molar-refractivity contribution in [3.8, 4) is 0 Å². The van der Waals surface area contributed by atoms with Gasteiger partial charge in [0, 0.05) is 6.54 Å². The average molecular weight is 216 g/mol. The summed E-state index contributed by atoms with van der Waals surface area (Å²) in [6.07, 6.45) is 4.67. The van der Waals surface area contributed by atoms with Crippen molar-refractivity contribution < 1.29 is 9.21 Å². The lowest BCUT2D eigenvalue weighted by molar-refractivity contribution is 0.0952. The highest BCUT2D eigenvalue weighted by Gasteiger charge is 2.11. The number of unbranched alkanes of at least 4 members (excludes halogenated alkanes) is 2. The highest BCUT2D eigenvalue weighted by atomic mass is 35.5. The Morgan fingerprint density at radius 3 is 2.93 bits per heavy atom. The quantitative estimate of drug-likeness (QED) is 0.768. The average Bonchev–Trinajstić information content (AvgIpc) is 2.59. The van der Waals surface area contributed by atoms with E-state index in [-0.39, 0.29) is 11.1 Å². The van der Waals surface area contributed by atoms with E-state index in [1.54, 1.807) is 6.07 Å². The molecule has 0 aliphatic heterocycles. The minimum Gasteiger partial charge on any atom is -0.452 e. The van der Waals surface area contributed by atoms with Crippen LogP contribution in [0.4, 0.5) is 0 Å². The normalized spacial score (nSPS) is 10.1. The number of carbonyl (C=O) groups excluding carboxylic acids is 1. The summed E-state index contributed by atoms with van der Waals surface area (Å²) in [5.41, 5.74) is 0.406. The molecule has 0 radical (unpaired) electrons. The van der Waals surface area contributed by atoms with Gasteiger partial charge in [0.25, 0.3) is 5.91 Å². The molecule has 0 aromatic carbocycles. The van der Waals surface area contributed by atoms with Crippen molar-refractivity contribution in [3.63, 3.8) is 0 Å². The van der Waals surface area contributed by atoms with Crippen LogP contribution in [0, 0.1) is 0 Å². The number of hydrogen-bond acceptors (Lipinski definition) is 2. The van der Waals surface area contributed by atoms with Gasteiger partial charge in [-0.15, -0.1) is 0 Å². The van der Waals surface area contributed by atoms with Crippen molar-refractivity contribution in [2.24, 2.45) is 0 Å². The standard InChI is InChI=1S/C10H14ClNO2/c1-2-3-4-6-12-10(13)8-5-7-14-9(8)11/h5,7H,2-4,6H2,1H3,(H,12,13). The van der Waals surface area contributed by atoms with E-state index in [4.69, 9.17) is 16.0 Å². The Kier molecular flexibility index (Phi) is 4.53. The zero-order chi connectivity index (χ0) is 10.4. The zero-order valence-electron chi connectivity index (χ0n) is 8.18. The maximum absolute atomic E-state index is 11.4. The third kappa shape index (κ3) is 3.07. The van der Waals surface area contributed by atoms with Gasteiger partial charge in [-0.3, -0.25) is 4.79 Å². The molecule has 0 unspecified atom stereocenters. The molecule has 0 atom stereocenters. The van der Waals surface area contributed by atoms with E-state index in [2.05, 4.69) is 12.2 Å². The molecule has 0 saturated heterocycles. The van der Waals surface area contributed by atoms with Crippen molar-refractivity contribution in [2.45, 2.75) is 26.2 Å². The lowest BCUT2D eigenvalue weighted by Crippen LogP contribution is -2.24. The number of carbonyl (C=O) groups is 1. The minimum atomic E-state index is -0.167. The number of nitrogens with one attached hydrogen (secondary N) is 1. The van der Waals surface area contributed by atoms with Gasteiger partial charge in [-0.05, 0) is 24.1 Å². The molecule has 1 heterocycles. The smallest absolute Gasteiger partial charge is 0.256 e. The molecule has 0 spiro atoms. The molecule has 14 heavy (non-hydrogen) atoms. The van der Waals surface area contributed by atoms with Crippen molar-refractivity contribution in [2.75, 3.05) is 6.54 Å². The first-order valence-electron chi connectivity index (χ1n) is 4.77. The van der Waals surface area contributed by atoms with Crippen LogP contribution in [0.15, 0.2) is 16.7 Å². The maximum Gasteiger partial charge on any atom is 0.256 e. The van der Waals surface area contributed by atoms with Crippen LogP contribution < -0.4 is 5.32 Å². The number of hydrogen-bond donors (Lipinski definition) is 1. The van der Waals surface area contributed by atoms with E-state index in [9.17, 15) is 4.79 Å². The van der Waals surface area contributed by atoms with E-state index in [1.807, 2.05) is 0 Å². The lowest BCUT2D eigenvalue weighted by Gasteiger charge is -2.02. The summed E-state index contributed by atoms with van der Waals surface area (Å²) in [4.78, 5) is 11.4. The molecule has 0 aliphatic rings. The first-order chi connectivity index (χ1) is 6.75. The van der Waals surface area contributed by atoms with E-state index in [0.717, 1.165) is 19.3 Å². The fourth-order valence-electron chi connectivity index (χ4n) is 1.13. The van der Waals surface area contributed by atoms with E-state index in [0.29, 0.717) is 12.1 Å². The third-order valence-corrected chi connectivity index (χ3v) is 2.22. The van der Waals surface area contributed by atoms with Gasteiger partial charge in [0.1, 0.15) is 0 Å². The SMILES string of the molecule is CCCCCNC(=O)c1ccoc1Cl. The second-order valence-electron chi connectivity index (χ2n) is 3.07. The summed E-state index contributed by atoms with van der Waals surface area (Å²) in [5, 5.41) is 2.93. The summed E-state index contributed by atoms with van der Waals surface area (Å²) < 4.78 is 4.82. The second kappa shape index (κ2) is 5.70. The molecule has 0 aliphatic carbocycles. The fraction of sp³-hybridized carbons (Fsp3) is 0.500. The summed E-state index contributed by atoms with van der Waals surface area (Å²) in [6.45, 7) is 2.81. The van der Waals surface area contributed by atoms with Gasteiger partial charge in [0.2, 0.25) is 5.22 Å². The molecule has 4 heteroatoms. The highest BCUT2D eigenvalue weighted by Crippen LogP contribution is 2.15. The van der Waals surface area contributed by atoms with Crippen molar-refractivity contribution in [1.82, 2.24) is 5.32 Å². The van der Waals surface area contributed by atoms with Crippen LogP contribution in [0.2, 0.25) is 5.22 Å². The molecule has 1 aromatic rings. The van der Waals surface area contributed by atoms with Gasteiger partial charge < -0.3 is 9.73 Å². The molecule has 0 saturated carbocycles. The molecule has 1 N–H and O–H groups in total. The Morgan fingerprint density at radius 1 is 1.57 bits per heavy atom. The molecule has 1 aromatic heterocycles. The Balaban J connectivity index is 2.32. The second-order valence-corrected chi connectivity index (χ2v) is 3.41. The molecule has 78 valence electrons. The third-order valence-electron chi connectivity index (χ3n) is 1.93. The van der Waals surface area contributed by atoms with Gasteiger partial charge in [-0.1, -0.05) is 19.8 Å². The predicted octanol–water partition coefficient (Wildman–Crippen LogP) is 2.85. The number of rotatable bonds is 5. The van der Waals surface area contributed by atoms with Gasteiger partial charge in [-0.2, -0.15) is 0 Å². The molecule has 1 rings (SSSR count). The van der Waals surface area contributed by atoms with E-state index < -0.39 is 0 Å². The van der Waals surface area contributed by atoms with Crippen LogP contribution in [0.25, 0.3) is 0 Å². The minimum absolute atomic E-state index is 0.151. The van der Waals surface area contributed by atoms with Crippen LogP contribution in [0.3, 0.4) is 0 Å². The van der Waals surface area contributed by atoms with Crippen LogP contribution in [0.5, 0.6) is 0 Å². The summed E-state index contributed by atoms with van der Waals surface area (Å²) in [7, 11) is 0. The molecule has 1 amide bonds. The van der Waals surface area contributed by atoms with Crippen LogP contribution in [0.1, 0.15) is 36.5 Å². The number of furan rings is 1. The van der Waals surface area contributed by atoms with E-state index in [1.165, 1.54) is 6.26 Å². The largest absolute Gasteiger partial charge is 0.452 e. The first-order valence-corrected chi connectivity index (χ1v) is 5.14. The van der Waals surface area contributed by atoms with Gasteiger partial charge in [0.05, 0.1) is 11.8 Å². The van der Waals surface area contributed by atoms with Crippen molar-refractivity contribution in [3.05, 3.63) is 23.1 Å². The Hall–Kier alpha value is -0.960. The topological polar surface area (TPSA) is 42.2 Å². The maximum atomic E-state index is 11.4. The number of halogens is 1.